The Balaban J connectivity index is 1.41. The molecule has 0 radical (unpaired) electrons. The lowest BCUT2D eigenvalue weighted by Gasteiger charge is -2.42. The number of nitrogens with one attached hydrogen (secondary N) is 1. The summed E-state index contributed by atoms with van der Waals surface area (Å²) < 4.78 is 0.889. The fraction of sp³-hybridized carbons (Fsp3) is 0.310. The second-order valence-corrected chi connectivity index (χ2v) is 10.7. The lowest BCUT2D eigenvalue weighted by atomic mass is 9.64. The first-order valence-electron chi connectivity index (χ1n) is 12.1. The molecule has 3 aromatic rings. The molecule has 1 spiro atoms. The first-order chi connectivity index (χ1) is 16.8. The van der Waals surface area contributed by atoms with E-state index in [0.717, 1.165) is 34.3 Å². The van der Waals surface area contributed by atoms with E-state index in [1.807, 2.05) is 37.4 Å². The van der Waals surface area contributed by atoms with Gasteiger partial charge in [-0.25, -0.2) is 4.79 Å². The maximum atomic E-state index is 13.6. The number of rotatable bonds is 6. The van der Waals surface area contributed by atoms with Gasteiger partial charge in [0, 0.05) is 22.9 Å². The standard InChI is InChI=1S/C29H29BrN2O3/c1-32-25-13-12-21(11-10-20-6-3-2-4-7-20)18-24(25)28(26(32)33)14-16-29(17-15-28,27(34)35)31-23-9-5-8-22(30)19-23/h2-9,12-13,18-19,31H,10-11,14-17H2,1H3,(H,34,35). The van der Waals surface area contributed by atoms with Gasteiger partial charge in [-0.1, -0.05) is 64.5 Å². The van der Waals surface area contributed by atoms with Crippen LogP contribution in [0.2, 0.25) is 0 Å². The van der Waals surface area contributed by atoms with Gasteiger partial charge < -0.3 is 15.3 Å². The maximum absolute atomic E-state index is 13.6. The van der Waals surface area contributed by atoms with Gasteiger partial charge in [-0.3, -0.25) is 4.79 Å². The van der Waals surface area contributed by atoms with Crippen LogP contribution in [0, 0.1) is 0 Å². The molecule has 2 aliphatic rings. The second-order valence-electron chi connectivity index (χ2n) is 9.81. The number of hydrogen-bond donors (Lipinski definition) is 2. The van der Waals surface area contributed by atoms with Crippen LogP contribution in [0.5, 0.6) is 0 Å². The van der Waals surface area contributed by atoms with Crippen molar-refractivity contribution in [2.75, 3.05) is 17.3 Å². The fourth-order valence-corrected chi connectivity index (χ4v) is 6.11. The van der Waals surface area contributed by atoms with Gasteiger partial charge in [0.25, 0.3) is 0 Å². The highest BCUT2D eigenvalue weighted by Gasteiger charge is 2.56. The summed E-state index contributed by atoms with van der Waals surface area (Å²) in [5, 5.41) is 13.5. The van der Waals surface area contributed by atoms with E-state index in [-0.39, 0.29) is 5.91 Å². The lowest BCUT2D eigenvalue weighted by molar-refractivity contribution is -0.145. The molecule has 1 saturated carbocycles. The van der Waals surface area contributed by atoms with Crippen molar-refractivity contribution >= 4 is 39.2 Å². The van der Waals surface area contributed by atoms with Crippen molar-refractivity contribution < 1.29 is 14.7 Å². The van der Waals surface area contributed by atoms with Gasteiger partial charge >= 0.3 is 5.97 Å². The Hall–Kier alpha value is -3.12. The van der Waals surface area contributed by atoms with Crippen molar-refractivity contribution in [2.24, 2.45) is 0 Å². The molecule has 1 heterocycles. The summed E-state index contributed by atoms with van der Waals surface area (Å²) in [6.45, 7) is 0. The highest BCUT2D eigenvalue weighted by molar-refractivity contribution is 9.10. The molecule has 0 atom stereocenters. The van der Waals surface area contributed by atoms with E-state index in [1.54, 1.807) is 4.90 Å². The monoisotopic (exact) mass is 532 g/mol. The number of carboxylic acid groups (broad SMARTS) is 1. The summed E-state index contributed by atoms with van der Waals surface area (Å²) in [7, 11) is 1.83. The Morgan fingerprint density at radius 2 is 1.66 bits per heavy atom. The van der Waals surface area contributed by atoms with Crippen LogP contribution in [0.3, 0.4) is 0 Å². The van der Waals surface area contributed by atoms with Crippen molar-refractivity contribution in [3.63, 3.8) is 0 Å². The van der Waals surface area contributed by atoms with E-state index < -0.39 is 16.9 Å². The predicted octanol–water partition coefficient (Wildman–Crippen LogP) is 5.96. The fourth-order valence-electron chi connectivity index (χ4n) is 5.72. The normalized spacial score (nSPS) is 23.4. The van der Waals surface area contributed by atoms with Crippen LogP contribution in [0.1, 0.15) is 42.4 Å². The average Bonchev–Trinajstić information content (AvgIpc) is 3.06. The van der Waals surface area contributed by atoms with Crippen LogP contribution in [0.4, 0.5) is 11.4 Å². The Morgan fingerprint density at radius 3 is 2.34 bits per heavy atom. The van der Waals surface area contributed by atoms with Crippen LogP contribution < -0.4 is 10.2 Å². The summed E-state index contributed by atoms with van der Waals surface area (Å²) in [5.41, 5.74) is 3.49. The number of carbonyl (C=O) groups is 2. The Labute approximate surface area is 214 Å². The molecule has 0 saturated heterocycles. The average molecular weight is 533 g/mol. The zero-order valence-electron chi connectivity index (χ0n) is 19.8. The quantitative estimate of drug-likeness (QED) is 0.411. The van der Waals surface area contributed by atoms with Gasteiger partial charge in [0.05, 0.1) is 5.41 Å². The maximum Gasteiger partial charge on any atom is 0.329 e. The molecular weight excluding hydrogens is 504 g/mol. The summed E-state index contributed by atoms with van der Waals surface area (Å²) in [6.07, 6.45) is 3.59. The third-order valence-electron chi connectivity index (χ3n) is 7.77. The van der Waals surface area contributed by atoms with Gasteiger partial charge in [0.15, 0.2) is 0 Å². The zero-order chi connectivity index (χ0) is 24.6. The molecule has 1 amide bonds. The number of carboxylic acids is 1. The van der Waals surface area contributed by atoms with Crippen LogP contribution in [-0.2, 0) is 27.8 Å². The Bertz CT molecular complexity index is 1270. The third kappa shape index (κ3) is 4.25. The van der Waals surface area contributed by atoms with Crippen molar-refractivity contribution in [1.82, 2.24) is 0 Å². The third-order valence-corrected chi connectivity index (χ3v) is 8.27. The highest BCUT2D eigenvalue weighted by Crippen LogP contribution is 2.52. The first kappa shape index (κ1) is 23.6. The number of nitrogens with zero attached hydrogens (tertiary/aromatic N) is 1. The zero-order valence-corrected chi connectivity index (χ0v) is 21.3. The number of carbonyl (C=O) groups excluding carboxylic acids is 1. The minimum atomic E-state index is -1.10. The van der Waals surface area contributed by atoms with Gasteiger partial charge in [0.1, 0.15) is 5.54 Å². The molecule has 6 heteroatoms. The Morgan fingerprint density at radius 1 is 0.943 bits per heavy atom. The predicted molar refractivity (Wildman–Crippen MR) is 142 cm³/mol. The number of aryl methyl sites for hydroxylation is 2. The number of halogens is 1. The molecule has 1 aliphatic heterocycles. The molecule has 3 aromatic carbocycles. The van der Waals surface area contributed by atoms with E-state index in [9.17, 15) is 14.7 Å². The van der Waals surface area contributed by atoms with E-state index >= 15 is 0 Å². The number of anilines is 2. The summed E-state index contributed by atoms with van der Waals surface area (Å²) >= 11 is 3.46. The molecule has 0 bridgehead atoms. The number of likely N-dealkylation sites (N-methyl/N-ethyl adjacent to an activating group) is 1. The topological polar surface area (TPSA) is 69.6 Å². The number of aliphatic carboxylic acids is 1. The minimum absolute atomic E-state index is 0.0779. The first-order valence-corrected chi connectivity index (χ1v) is 12.8. The van der Waals surface area contributed by atoms with E-state index in [4.69, 9.17) is 0 Å². The molecule has 35 heavy (non-hydrogen) atoms. The largest absolute Gasteiger partial charge is 0.480 e. The summed E-state index contributed by atoms with van der Waals surface area (Å²) in [5.74, 6) is -0.794. The van der Waals surface area contributed by atoms with E-state index in [0.29, 0.717) is 25.7 Å². The molecule has 5 nitrogen and oxygen atoms in total. The van der Waals surface area contributed by atoms with Crippen molar-refractivity contribution in [1.29, 1.82) is 0 Å². The van der Waals surface area contributed by atoms with Crippen molar-refractivity contribution in [3.05, 3.63) is 94.0 Å². The van der Waals surface area contributed by atoms with Crippen LogP contribution >= 0.6 is 15.9 Å². The van der Waals surface area contributed by atoms with Gasteiger partial charge in [0.2, 0.25) is 5.91 Å². The van der Waals surface area contributed by atoms with Crippen molar-refractivity contribution in [2.45, 2.75) is 49.5 Å². The van der Waals surface area contributed by atoms with E-state index in [2.05, 4.69) is 63.7 Å². The second kappa shape index (κ2) is 9.15. The molecule has 180 valence electrons. The van der Waals surface area contributed by atoms with Gasteiger partial charge in [-0.05, 0) is 79.5 Å². The molecule has 2 N–H and O–H groups in total. The number of hydrogen-bond acceptors (Lipinski definition) is 3. The number of fused-ring (bicyclic) bond motifs is 2. The summed E-state index contributed by atoms with van der Waals surface area (Å²) in [4.78, 5) is 27.8. The smallest absolute Gasteiger partial charge is 0.329 e. The molecule has 5 rings (SSSR count). The molecule has 1 aliphatic carbocycles. The van der Waals surface area contributed by atoms with E-state index in [1.165, 1.54) is 11.1 Å². The molecule has 0 unspecified atom stereocenters. The molecular formula is C29H29BrN2O3. The summed E-state index contributed by atoms with van der Waals surface area (Å²) in [6, 6.07) is 24.3. The van der Waals surface area contributed by atoms with Gasteiger partial charge in [-0.15, -0.1) is 0 Å². The van der Waals surface area contributed by atoms with Crippen LogP contribution in [-0.4, -0.2) is 29.6 Å². The minimum Gasteiger partial charge on any atom is -0.480 e. The van der Waals surface area contributed by atoms with Crippen LogP contribution in [0.15, 0.2) is 77.3 Å². The van der Waals surface area contributed by atoms with Gasteiger partial charge in [-0.2, -0.15) is 0 Å². The highest BCUT2D eigenvalue weighted by atomic mass is 79.9. The van der Waals surface area contributed by atoms with Crippen molar-refractivity contribution in [3.8, 4) is 0 Å². The molecule has 0 aromatic heterocycles. The molecule has 1 fully saturated rings. The number of amides is 1. The van der Waals surface area contributed by atoms with Crippen LogP contribution in [0.25, 0.3) is 0 Å². The lowest BCUT2D eigenvalue weighted by Crippen LogP contribution is -2.54. The Kier molecular flexibility index (Phi) is 6.18. The SMILES string of the molecule is CN1C(=O)C2(CCC(Nc3cccc(Br)c3)(C(=O)O)CC2)c2cc(CCc3ccccc3)ccc21. The number of benzene rings is 3.